The Labute approximate surface area is 228 Å². The molecule has 2 aliphatic carbocycles. The van der Waals surface area contributed by atoms with Gasteiger partial charge in [0.1, 0.15) is 17.2 Å². The van der Waals surface area contributed by atoms with Crippen LogP contribution in [-0.2, 0) is 20.6 Å². The molecule has 2 atom stereocenters. The molecule has 1 aromatic carbocycles. The van der Waals surface area contributed by atoms with E-state index in [9.17, 15) is 40.4 Å². The molecule has 13 heteroatoms. The van der Waals surface area contributed by atoms with E-state index in [0.717, 1.165) is 6.26 Å². The fourth-order valence-corrected chi connectivity index (χ4v) is 6.47. The van der Waals surface area contributed by atoms with Gasteiger partial charge in [-0.05, 0) is 37.8 Å². The Balaban J connectivity index is 1.49. The minimum Gasteiger partial charge on any atom is -0.439 e. The number of oxazole rings is 1. The van der Waals surface area contributed by atoms with Crippen molar-refractivity contribution in [3.8, 4) is 17.3 Å². The van der Waals surface area contributed by atoms with Crippen molar-refractivity contribution in [1.82, 2.24) is 4.98 Å². The zero-order valence-electron chi connectivity index (χ0n) is 21.7. The maximum atomic E-state index is 14.4. The fraction of sp³-hybridized carbons (Fsp3) is 0.593. The first-order chi connectivity index (χ1) is 18.6. The van der Waals surface area contributed by atoms with E-state index in [1.54, 1.807) is 17.0 Å². The summed E-state index contributed by atoms with van der Waals surface area (Å²) in [5, 5.41) is 8.93. The topological polar surface area (TPSA) is 104 Å². The largest absolute Gasteiger partial charge is 0.463 e. The summed E-state index contributed by atoms with van der Waals surface area (Å²) in [6.07, 6.45) is -1.52. The molecule has 0 amide bonds. The van der Waals surface area contributed by atoms with Crippen molar-refractivity contribution in [2.45, 2.75) is 68.2 Å². The number of benzene rings is 1. The molecule has 2 saturated carbocycles. The van der Waals surface area contributed by atoms with Crippen molar-refractivity contribution in [3.05, 3.63) is 35.9 Å². The molecule has 0 unspecified atom stereocenters. The summed E-state index contributed by atoms with van der Waals surface area (Å²) in [7, 11) is -3.19. The van der Waals surface area contributed by atoms with E-state index in [-0.39, 0.29) is 42.3 Å². The average molecular weight is 586 g/mol. The van der Waals surface area contributed by atoms with Crippen molar-refractivity contribution in [3.63, 3.8) is 0 Å². The number of nitrogens with zero attached hydrogens (tertiary/aromatic N) is 3. The summed E-state index contributed by atoms with van der Waals surface area (Å²) < 4.78 is 97.2. The van der Waals surface area contributed by atoms with Crippen LogP contribution in [0.1, 0.15) is 62.5 Å². The van der Waals surface area contributed by atoms with Crippen LogP contribution in [0.2, 0.25) is 0 Å². The van der Waals surface area contributed by atoms with Gasteiger partial charge in [-0.1, -0.05) is 25.0 Å². The second kappa shape index (κ2) is 9.82. The van der Waals surface area contributed by atoms with E-state index in [1.807, 2.05) is 0 Å². The van der Waals surface area contributed by atoms with Crippen LogP contribution in [0.3, 0.4) is 0 Å². The van der Waals surface area contributed by atoms with Gasteiger partial charge >= 0.3 is 12.1 Å². The van der Waals surface area contributed by atoms with Crippen LogP contribution in [0.25, 0.3) is 11.3 Å². The van der Waals surface area contributed by atoms with E-state index in [1.165, 1.54) is 12.1 Å². The van der Waals surface area contributed by atoms with Gasteiger partial charge < -0.3 is 9.32 Å². The lowest BCUT2D eigenvalue weighted by molar-refractivity contribution is -0.297. The molecule has 5 rings (SSSR count). The standard InChI is InChI=1S/C27H28F5N3O4S/c1-40(37,38)18-13-35(14-18)17-8-6-16(7-9-17)22-23(39-24(34-22)26(28,29)27(30,31)32)20-5-3-2-4-19(20)21(36)12-25(15-33)10-11-25/h6-9,18-20H,2-5,10-14H2,1H3/t19-,20-/m1/s1. The predicted octanol–water partition coefficient (Wildman–Crippen LogP) is 5.77. The van der Waals surface area contributed by atoms with Gasteiger partial charge in [-0.25, -0.2) is 13.4 Å². The number of alkyl halides is 5. The molecule has 1 aliphatic heterocycles. The van der Waals surface area contributed by atoms with Gasteiger partial charge in [-0.3, -0.25) is 4.79 Å². The number of anilines is 1. The second-order valence-electron chi connectivity index (χ2n) is 11.2. The quantitative estimate of drug-likeness (QED) is 0.363. The maximum Gasteiger partial charge on any atom is 0.463 e. The Morgan fingerprint density at radius 3 is 2.30 bits per heavy atom. The van der Waals surface area contributed by atoms with Crippen molar-refractivity contribution in [1.29, 1.82) is 5.26 Å². The lowest BCUT2D eigenvalue weighted by Crippen LogP contribution is -2.54. The number of halogens is 5. The normalized spacial score (nSPS) is 23.4. The summed E-state index contributed by atoms with van der Waals surface area (Å²) in [5.74, 6) is -8.98. The Kier molecular flexibility index (Phi) is 7.00. The summed E-state index contributed by atoms with van der Waals surface area (Å²) >= 11 is 0. The van der Waals surface area contributed by atoms with Crippen LogP contribution < -0.4 is 4.90 Å². The molecule has 216 valence electrons. The number of rotatable bonds is 8. The predicted molar refractivity (Wildman–Crippen MR) is 134 cm³/mol. The van der Waals surface area contributed by atoms with Gasteiger partial charge in [0, 0.05) is 48.9 Å². The number of hydrogen-bond acceptors (Lipinski definition) is 7. The van der Waals surface area contributed by atoms with Crippen molar-refractivity contribution in [2.75, 3.05) is 24.2 Å². The summed E-state index contributed by atoms with van der Waals surface area (Å²) in [5.41, 5.74) is -0.0132. The minimum absolute atomic E-state index is 0.0126. The van der Waals surface area contributed by atoms with Crippen LogP contribution in [-0.4, -0.2) is 50.0 Å². The number of aromatic nitrogens is 1. The van der Waals surface area contributed by atoms with E-state index in [0.29, 0.717) is 44.2 Å². The number of carbonyl (C=O) groups excluding carboxylic acids is 1. The third kappa shape index (κ3) is 5.22. The molecule has 2 aromatic rings. The Bertz CT molecular complexity index is 1440. The Hall–Kier alpha value is -3.01. The zero-order chi connectivity index (χ0) is 29.1. The molecule has 0 radical (unpaired) electrons. The molecular formula is C27H28F5N3O4S. The third-order valence-electron chi connectivity index (χ3n) is 8.36. The second-order valence-corrected chi connectivity index (χ2v) is 13.6. The van der Waals surface area contributed by atoms with Crippen LogP contribution in [0, 0.1) is 22.7 Å². The highest BCUT2D eigenvalue weighted by molar-refractivity contribution is 7.91. The van der Waals surface area contributed by atoms with E-state index < -0.39 is 50.3 Å². The van der Waals surface area contributed by atoms with Crippen molar-refractivity contribution < 1.29 is 39.6 Å². The van der Waals surface area contributed by atoms with Gasteiger partial charge in [0.15, 0.2) is 9.84 Å². The smallest absolute Gasteiger partial charge is 0.439 e. The summed E-state index contributed by atoms with van der Waals surface area (Å²) in [4.78, 5) is 18.7. The maximum absolute atomic E-state index is 14.4. The lowest BCUT2D eigenvalue weighted by Gasteiger charge is -2.39. The highest BCUT2D eigenvalue weighted by Crippen LogP contribution is 2.52. The first kappa shape index (κ1) is 28.5. The van der Waals surface area contributed by atoms with Crippen LogP contribution >= 0.6 is 0 Å². The average Bonchev–Trinajstić information content (AvgIpc) is 3.48. The number of hydrogen-bond donors (Lipinski definition) is 0. The van der Waals surface area contributed by atoms with Gasteiger partial charge in [0.25, 0.3) is 5.89 Å². The lowest BCUT2D eigenvalue weighted by atomic mass is 9.73. The Morgan fingerprint density at radius 1 is 1.12 bits per heavy atom. The molecule has 2 heterocycles. The first-order valence-electron chi connectivity index (χ1n) is 13.1. The van der Waals surface area contributed by atoms with E-state index >= 15 is 0 Å². The van der Waals surface area contributed by atoms with Crippen LogP contribution in [0.4, 0.5) is 27.6 Å². The summed E-state index contributed by atoms with van der Waals surface area (Å²) in [6, 6.07) is 8.41. The monoisotopic (exact) mass is 585 g/mol. The van der Waals surface area contributed by atoms with Gasteiger partial charge in [-0.15, -0.1) is 0 Å². The Morgan fingerprint density at radius 2 is 1.75 bits per heavy atom. The number of nitriles is 1. The number of Topliss-reactive ketones (excluding diaryl/α,β-unsaturated/α-hetero) is 1. The molecule has 3 fully saturated rings. The highest BCUT2D eigenvalue weighted by Gasteiger charge is 2.63. The molecule has 0 spiro atoms. The molecule has 7 nitrogen and oxygen atoms in total. The fourth-order valence-electron chi connectivity index (χ4n) is 5.57. The van der Waals surface area contributed by atoms with Gasteiger partial charge in [0.2, 0.25) is 0 Å². The van der Waals surface area contributed by atoms with Crippen LogP contribution in [0.5, 0.6) is 0 Å². The zero-order valence-corrected chi connectivity index (χ0v) is 22.5. The molecule has 1 aromatic heterocycles. The molecule has 3 aliphatic rings. The SMILES string of the molecule is CS(=O)(=O)C1CN(c2ccc(-c3nc(C(F)(F)C(F)(F)F)oc3[C@@H]3CCCC[C@H]3C(=O)CC3(C#N)CC3)cc2)C1. The molecule has 1 saturated heterocycles. The number of sulfone groups is 1. The molecule has 0 N–H and O–H groups in total. The number of carbonyl (C=O) groups is 1. The minimum atomic E-state index is -5.93. The van der Waals surface area contributed by atoms with E-state index in [4.69, 9.17) is 4.42 Å². The highest BCUT2D eigenvalue weighted by atomic mass is 32.2. The van der Waals surface area contributed by atoms with Crippen molar-refractivity contribution >= 4 is 21.3 Å². The van der Waals surface area contributed by atoms with Crippen molar-refractivity contribution in [2.24, 2.45) is 11.3 Å². The molecule has 0 bridgehead atoms. The van der Waals surface area contributed by atoms with E-state index in [2.05, 4.69) is 11.1 Å². The summed E-state index contributed by atoms with van der Waals surface area (Å²) in [6.45, 7) is 0.566. The molecule has 40 heavy (non-hydrogen) atoms. The van der Waals surface area contributed by atoms with Gasteiger partial charge in [-0.2, -0.15) is 27.2 Å². The third-order valence-corrected chi connectivity index (χ3v) is 9.87. The van der Waals surface area contributed by atoms with Gasteiger partial charge in [0.05, 0.1) is 16.7 Å². The first-order valence-corrected chi connectivity index (χ1v) is 15.0. The molecular weight excluding hydrogens is 557 g/mol. The number of ketones is 1. The van der Waals surface area contributed by atoms with Crippen LogP contribution in [0.15, 0.2) is 28.7 Å².